The Morgan fingerprint density at radius 3 is 2.74 bits per heavy atom. The van der Waals surface area contributed by atoms with Crippen LogP contribution in [0.2, 0.25) is 0 Å². The quantitative estimate of drug-likeness (QED) is 0.918. The van der Waals surface area contributed by atoms with Crippen molar-refractivity contribution < 1.29 is 4.42 Å². The second-order valence-corrected chi connectivity index (χ2v) is 5.22. The summed E-state index contributed by atoms with van der Waals surface area (Å²) in [4.78, 5) is 2.43. The molecule has 2 N–H and O–H groups in total. The highest BCUT2D eigenvalue weighted by molar-refractivity contribution is 5.16. The van der Waals surface area contributed by atoms with Gasteiger partial charge >= 0.3 is 0 Å². The molecule has 1 aliphatic rings. The Balaban J connectivity index is 1.81. The Labute approximate surface area is 114 Å². The van der Waals surface area contributed by atoms with E-state index in [1.54, 1.807) is 6.26 Å². The molecule has 2 unspecified atom stereocenters. The van der Waals surface area contributed by atoms with Crippen LogP contribution >= 0.6 is 0 Å². The van der Waals surface area contributed by atoms with Crippen molar-refractivity contribution in [3.63, 3.8) is 0 Å². The molecule has 3 nitrogen and oxygen atoms in total. The van der Waals surface area contributed by atoms with E-state index in [1.807, 2.05) is 12.1 Å². The minimum atomic E-state index is 0.156. The maximum absolute atomic E-state index is 6.31. The lowest BCUT2D eigenvalue weighted by molar-refractivity contribution is 0.103. The topological polar surface area (TPSA) is 42.4 Å². The standard InChI is InChI=1S/C16H20N2O/c17-14-8-4-10-18(12-13-6-2-1-3-7-13)16(14)15-9-5-11-19-15/h1-3,5-7,9,11,14,16H,4,8,10,12,17H2. The van der Waals surface area contributed by atoms with Gasteiger partial charge in [-0.1, -0.05) is 30.3 Å². The fourth-order valence-electron chi connectivity index (χ4n) is 2.94. The van der Waals surface area contributed by atoms with Gasteiger partial charge in [-0.05, 0) is 37.1 Å². The van der Waals surface area contributed by atoms with Crippen molar-refractivity contribution in [1.82, 2.24) is 4.90 Å². The molecule has 0 aliphatic carbocycles. The van der Waals surface area contributed by atoms with Crippen LogP contribution < -0.4 is 5.73 Å². The molecule has 2 atom stereocenters. The lowest BCUT2D eigenvalue weighted by atomic mass is 9.94. The molecule has 19 heavy (non-hydrogen) atoms. The van der Waals surface area contributed by atoms with Crippen molar-refractivity contribution >= 4 is 0 Å². The minimum Gasteiger partial charge on any atom is -0.468 e. The second kappa shape index (κ2) is 5.59. The number of benzene rings is 1. The van der Waals surface area contributed by atoms with Crippen molar-refractivity contribution in [1.29, 1.82) is 0 Å². The molecular formula is C16H20N2O. The Hall–Kier alpha value is -1.58. The lowest BCUT2D eigenvalue weighted by Gasteiger charge is -2.38. The maximum Gasteiger partial charge on any atom is 0.122 e. The lowest BCUT2D eigenvalue weighted by Crippen LogP contribution is -2.45. The molecule has 1 fully saturated rings. The third-order valence-electron chi connectivity index (χ3n) is 3.84. The molecule has 100 valence electrons. The highest BCUT2D eigenvalue weighted by Crippen LogP contribution is 2.31. The van der Waals surface area contributed by atoms with Crippen LogP contribution in [0.4, 0.5) is 0 Å². The molecule has 3 heteroatoms. The third-order valence-corrected chi connectivity index (χ3v) is 3.84. The van der Waals surface area contributed by atoms with E-state index < -0.39 is 0 Å². The molecule has 2 heterocycles. The predicted molar refractivity (Wildman–Crippen MR) is 75.5 cm³/mol. The number of piperidine rings is 1. The van der Waals surface area contributed by atoms with E-state index in [4.69, 9.17) is 10.2 Å². The molecule has 2 aromatic rings. The van der Waals surface area contributed by atoms with Crippen LogP contribution in [0.25, 0.3) is 0 Å². The molecule has 1 saturated heterocycles. The molecule has 1 aromatic heterocycles. The summed E-state index contributed by atoms with van der Waals surface area (Å²) in [5, 5.41) is 0. The first-order valence-electron chi connectivity index (χ1n) is 6.91. The van der Waals surface area contributed by atoms with Gasteiger partial charge in [-0.15, -0.1) is 0 Å². The van der Waals surface area contributed by atoms with Gasteiger partial charge in [-0.3, -0.25) is 4.90 Å². The highest BCUT2D eigenvalue weighted by Gasteiger charge is 2.32. The number of hydrogen-bond donors (Lipinski definition) is 1. The van der Waals surface area contributed by atoms with E-state index in [1.165, 1.54) is 5.56 Å². The zero-order valence-electron chi connectivity index (χ0n) is 11.0. The molecule has 1 aromatic carbocycles. The van der Waals surface area contributed by atoms with Gasteiger partial charge in [0.1, 0.15) is 5.76 Å². The van der Waals surface area contributed by atoms with E-state index in [0.29, 0.717) is 0 Å². The summed E-state index contributed by atoms with van der Waals surface area (Å²) in [7, 11) is 0. The summed E-state index contributed by atoms with van der Waals surface area (Å²) in [6.07, 6.45) is 3.96. The molecule has 3 rings (SSSR count). The van der Waals surface area contributed by atoms with Crippen molar-refractivity contribution in [2.75, 3.05) is 6.54 Å². The van der Waals surface area contributed by atoms with Crippen LogP contribution in [-0.2, 0) is 6.54 Å². The van der Waals surface area contributed by atoms with E-state index in [0.717, 1.165) is 31.7 Å². The van der Waals surface area contributed by atoms with E-state index >= 15 is 0 Å². The van der Waals surface area contributed by atoms with Crippen molar-refractivity contribution in [2.45, 2.75) is 31.5 Å². The average molecular weight is 256 g/mol. The summed E-state index contributed by atoms with van der Waals surface area (Å²) >= 11 is 0. The molecule has 0 radical (unpaired) electrons. The summed E-state index contributed by atoms with van der Waals surface area (Å²) < 4.78 is 5.59. The Kier molecular flexibility index (Phi) is 3.67. The van der Waals surface area contributed by atoms with Gasteiger partial charge in [0.2, 0.25) is 0 Å². The molecule has 1 aliphatic heterocycles. The highest BCUT2D eigenvalue weighted by atomic mass is 16.3. The van der Waals surface area contributed by atoms with Gasteiger partial charge in [-0.25, -0.2) is 0 Å². The SMILES string of the molecule is NC1CCCN(Cc2ccccc2)C1c1ccco1. The van der Waals surface area contributed by atoms with Crippen molar-refractivity contribution in [3.05, 3.63) is 60.1 Å². The third kappa shape index (κ3) is 2.72. The number of likely N-dealkylation sites (tertiary alicyclic amines) is 1. The van der Waals surface area contributed by atoms with Gasteiger partial charge in [0.25, 0.3) is 0 Å². The van der Waals surface area contributed by atoms with E-state index in [9.17, 15) is 0 Å². The molecule has 0 bridgehead atoms. The fourth-order valence-corrected chi connectivity index (χ4v) is 2.94. The summed E-state index contributed by atoms with van der Waals surface area (Å²) in [6, 6.07) is 14.9. The number of nitrogens with zero attached hydrogens (tertiary/aromatic N) is 1. The Bertz CT molecular complexity index is 495. The van der Waals surface area contributed by atoms with Crippen LogP contribution in [-0.4, -0.2) is 17.5 Å². The second-order valence-electron chi connectivity index (χ2n) is 5.22. The zero-order valence-corrected chi connectivity index (χ0v) is 11.0. The van der Waals surface area contributed by atoms with Crippen molar-refractivity contribution in [3.8, 4) is 0 Å². The van der Waals surface area contributed by atoms with Crippen LogP contribution in [0.3, 0.4) is 0 Å². The summed E-state index contributed by atoms with van der Waals surface area (Å²) in [6.45, 7) is 2.01. The smallest absolute Gasteiger partial charge is 0.122 e. The fraction of sp³-hybridized carbons (Fsp3) is 0.375. The molecular weight excluding hydrogens is 236 g/mol. The van der Waals surface area contributed by atoms with Crippen LogP contribution in [0, 0.1) is 0 Å². The van der Waals surface area contributed by atoms with Gasteiger partial charge < -0.3 is 10.2 Å². The molecule has 0 saturated carbocycles. The van der Waals surface area contributed by atoms with E-state index in [2.05, 4.69) is 35.2 Å². The summed E-state index contributed by atoms with van der Waals surface area (Å²) in [5.74, 6) is 0.989. The van der Waals surface area contributed by atoms with Gasteiger partial charge in [-0.2, -0.15) is 0 Å². The Morgan fingerprint density at radius 1 is 1.16 bits per heavy atom. The number of rotatable bonds is 3. The van der Waals surface area contributed by atoms with Crippen LogP contribution in [0.15, 0.2) is 53.1 Å². The first kappa shape index (κ1) is 12.5. The van der Waals surface area contributed by atoms with Crippen LogP contribution in [0.1, 0.15) is 30.2 Å². The zero-order chi connectivity index (χ0) is 13.1. The number of nitrogens with two attached hydrogens (primary N) is 1. The molecule has 0 amide bonds. The van der Waals surface area contributed by atoms with E-state index in [-0.39, 0.29) is 12.1 Å². The first-order valence-corrected chi connectivity index (χ1v) is 6.91. The predicted octanol–water partition coefficient (Wildman–Crippen LogP) is 2.94. The minimum absolute atomic E-state index is 0.156. The first-order chi connectivity index (χ1) is 9.34. The largest absolute Gasteiger partial charge is 0.468 e. The number of furan rings is 1. The van der Waals surface area contributed by atoms with Gasteiger partial charge in [0.05, 0.1) is 12.3 Å². The number of hydrogen-bond acceptors (Lipinski definition) is 3. The van der Waals surface area contributed by atoms with Gasteiger partial charge in [0.15, 0.2) is 0 Å². The molecule has 0 spiro atoms. The van der Waals surface area contributed by atoms with Crippen molar-refractivity contribution in [2.24, 2.45) is 5.73 Å². The average Bonchev–Trinajstić information content (AvgIpc) is 2.94. The summed E-state index contributed by atoms with van der Waals surface area (Å²) in [5.41, 5.74) is 7.64. The normalized spacial score (nSPS) is 24.5. The maximum atomic E-state index is 6.31. The monoisotopic (exact) mass is 256 g/mol. The van der Waals surface area contributed by atoms with Crippen LogP contribution in [0.5, 0.6) is 0 Å². The Morgan fingerprint density at radius 2 is 2.00 bits per heavy atom. The van der Waals surface area contributed by atoms with Gasteiger partial charge in [0, 0.05) is 12.6 Å².